The molecule has 2 N–H and O–H groups in total. The Labute approximate surface area is 107 Å². The molecular weight excluding hydrogens is 228 g/mol. The molecule has 0 fully saturated rings. The summed E-state index contributed by atoms with van der Waals surface area (Å²) in [5, 5.41) is 0. The summed E-state index contributed by atoms with van der Waals surface area (Å²) in [6.45, 7) is 2.03. The summed E-state index contributed by atoms with van der Waals surface area (Å²) in [4.78, 5) is 5.48. The molecule has 0 aliphatic rings. The molecule has 90 valence electrons. The van der Waals surface area contributed by atoms with Gasteiger partial charge in [0.2, 0.25) is 0 Å². The molecule has 2 rings (SSSR count). The Kier molecular flexibility index (Phi) is 4.29. The average Bonchev–Trinajstić information content (AvgIpc) is 2.77. The van der Waals surface area contributed by atoms with Crippen LogP contribution in [0.1, 0.15) is 35.0 Å². The molecule has 0 radical (unpaired) electrons. The van der Waals surface area contributed by atoms with E-state index in [4.69, 9.17) is 5.73 Å². The summed E-state index contributed by atoms with van der Waals surface area (Å²) in [5.74, 6) is 0. The van der Waals surface area contributed by atoms with Crippen LogP contribution in [0.4, 0.5) is 0 Å². The van der Waals surface area contributed by atoms with Gasteiger partial charge in [0.1, 0.15) is 0 Å². The number of hydrogen-bond acceptors (Lipinski definition) is 3. The second-order valence-corrected chi connectivity index (χ2v) is 5.17. The minimum absolute atomic E-state index is 0.145. The highest BCUT2D eigenvalue weighted by molar-refractivity contribution is 7.09. The molecule has 1 aromatic heterocycles. The minimum Gasteiger partial charge on any atom is -0.323 e. The average molecular weight is 246 g/mol. The van der Waals surface area contributed by atoms with Crippen molar-refractivity contribution in [1.82, 2.24) is 4.98 Å². The van der Waals surface area contributed by atoms with Crippen molar-refractivity contribution in [3.8, 4) is 0 Å². The predicted octanol–water partition coefficient (Wildman–Crippen LogP) is 3.47. The summed E-state index contributed by atoms with van der Waals surface area (Å²) in [5.41, 5.74) is 10.5. The fraction of sp³-hybridized carbons (Fsp3) is 0.357. The summed E-state index contributed by atoms with van der Waals surface area (Å²) in [6, 6.07) is 10.7. The van der Waals surface area contributed by atoms with Crippen LogP contribution in [-0.4, -0.2) is 4.98 Å². The lowest BCUT2D eigenvalue weighted by Gasteiger charge is -2.10. The third-order valence-electron chi connectivity index (χ3n) is 2.94. The number of aryl methyl sites for hydroxylation is 2. The Morgan fingerprint density at radius 2 is 2.06 bits per heavy atom. The number of benzene rings is 1. The van der Waals surface area contributed by atoms with E-state index in [1.807, 2.05) is 12.4 Å². The fourth-order valence-corrected chi connectivity index (χ4v) is 2.81. The van der Waals surface area contributed by atoms with Gasteiger partial charge < -0.3 is 5.73 Å². The second kappa shape index (κ2) is 5.94. The molecule has 1 unspecified atom stereocenters. The molecule has 2 aromatic rings. The number of nitrogens with two attached hydrogens (primary N) is 1. The first-order valence-corrected chi connectivity index (χ1v) is 6.85. The van der Waals surface area contributed by atoms with Gasteiger partial charge in [0.25, 0.3) is 0 Å². The van der Waals surface area contributed by atoms with E-state index < -0.39 is 0 Å². The Morgan fingerprint density at radius 1 is 1.29 bits per heavy atom. The van der Waals surface area contributed by atoms with Crippen LogP contribution in [0.15, 0.2) is 35.8 Å². The van der Waals surface area contributed by atoms with Crippen LogP contribution in [0, 0.1) is 6.92 Å². The lowest BCUT2D eigenvalue weighted by atomic mass is 10.0. The van der Waals surface area contributed by atoms with E-state index in [0.717, 1.165) is 25.0 Å². The SMILES string of the molecule is Cc1ncsc1C(N)CCCc1ccccc1. The van der Waals surface area contributed by atoms with Gasteiger partial charge in [-0.3, -0.25) is 0 Å². The second-order valence-electron chi connectivity index (χ2n) is 4.29. The van der Waals surface area contributed by atoms with E-state index in [-0.39, 0.29) is 6.04 Å². The van der Waals surface area contributed by atoms with Crippen LogP contribution < -0.4 is 5.73 Å². The van der Waals surface area contributed by atoms with Crippen molar-refractivity contribution in [2.45, 2.75) is 32.2 Å². The number of rotatable bonds is 5. The van der Waals surface area contributed by atoms with Crippen molar-refractivity contribution < 1.29 is 0 Å². The van der Waals surface area contributed by atoms with Gasteiger partial charge in [0.05, 0.1) is 11.2 Å². The first-order chi connectivity index (χ1) is 8.27. The summed E-state index contributed by atoms with van der Waals surface area (Å²) >= 11 is 1.67. The number of hydrogen-bond donors (Lipinski definition) is 1. The molecular formula is C14H18N2S. The number of nitrogens with zero attached hydrogens (tertiary/aromatic N) is 1. The number of aromatic nitrogens is 1. The van der Waals surface area contributed by atoms with Gasteiger partial charge >= 0.3 is 0 Å². The first-order valence-electron chi connectivity index (χ1n) is 5.97. The van der Waals surface area contributed by atoms with E-state index >= 15 is 0 Å². The first kappa shape index (κ1) is 12.3. The van der Waals surface area contributed by atoms with Gasteiger partial charge in [-0.2, -0.15) is 0 Å². The maximum absolute atomic E-state index is 6.17. The largest absolute Gasteiger partial charge is 0.323 e. The lowest BCUT2D eigenvalue weighted by Crippen LogP contribution is -2.10. The van der Waals surface area contributed by atoms with Crippen molar-refractivity contribution in [1.29, 1.82) is 0 Å². The summed E-state index contributed by atoms with van der Waals surface area (Å²) in [6.07, 6.45) is 3.26. The molecule has 2 nitrogen and oxygen atoms in total. The van der Waals surface area contributed by atoms with Gasteiger partial charge in [0.15, 0.2) is 0 Å². The zero-order chi connectivity index (χ0) is 12.1. The quantitative estimate of drug-likeness (QED) is 0.877. The van der Waals surface area contributed by atoms with Gasteiger partial charge in [-0.15, -0.1) is 11.3 Å². The summed E-state index contributed by atoms with van der Waals surface area (Å²) < 4.78 is 0. The van der Waals surface area contributed by atoms with Crippen LogP contribution in [0.2, 0.25) is 0 Å². The standard InChI is InChI=1S/C14H18N2S/c1-11-14(17-10-16-11)13(15)9-5-8-12-6-3-2-4-7-12/h2-4,6-7,10,13H,5,8-9,15H2,1H3. The zero-order valence-electron chi connectivity index (χ0n) is 10.1. The normalized spacial score (nSPS) is 12.6. The van der Waals surface area contributed by atoms with Crippen LogP contribution >= 0.6 is 11.3 Å². The highest BCUT2D eigenvalue weighted by Crippen LogP contribution is 2.23. The number of thiazole rings is 1. The maximum Gasteiger partial charge on any atom is 0.0798 e. The van der Waals surface area contributed by atoms with E-state index in [9.17, 15) is 0 Å². The van der Waals surface area contributed by atoms with Gasteiger partial charge in [0, 0.05) is 10.9 Å². The van der Waals surface area contributed by atoms with E-state index in [1.165, 1.54) is 10.4 Å². The summed E-state index contributed by atoms with van der Waals surface area (Å²) in [7, 11) is 0. The Balaban J connectivity index is 1.81. The molecule has 0 bridgehead atoms. The molecule has 1 heterocycles. The van der Waals surface area contributed by atoms with Gasteiger partial charge in [-0.1, -0.05) is 30.3 Å². The Bertz CT molecular complexity index is 450. The fourth-order valence-electron chi connectivity index (χ4n) is 1.97. The van der Waals surface area contributed by atoms with E-state index in [1.54, 1.807) is 11.3 Å². The molecule has 0 aliphatic carbocycles. The Morgan fingerprint density at radius 3 is 2.71 bits per heavy atom. The third-order valence-corrected chi connectivity index (χ3v) is 4.01. The van der Waals surface area contributed by atoms with E-state index in [2.05, 4.69) is 35.3 Å². The Hall–Kier alpha value is -1.19. The molecule has 0 amide bonds. The predicted molar refractivity (Wildman–Crippen MR) is 73.2 cm³/mol. The molecule has 0 saturated heterocycles. The lowest BCUT2D eigenvalue weighted by molar-refractivity contribution is 0.616. The third kappa shape index (κ3) is 3.38. The zero-order valence-corrected chi connectivity index (χ0v) is 10.9. The molecule has 1 aromatic carbocycles. The smallest absolute Gasteiger partial charge is 0.0798 e. The minimum atomic E-state index is 0.145. The van der Waals surface area contributed by atoms with Crippen LogP contribution in [0.5, 0.6) is 0 Å². The van der Waals surface area contributed by atoms with Gasteiger partial charge in [-0.25, -0.2) is 4.98 Å². The molecule has 0 saturated carbocycles. The molecule has 17 heavy (non-hydrogen) atoms. The van der Waals surface area contributed by atoms with Crippen LogP contribution in [-0.2, 0) is 6.42 Å². The van der Waals surface area contributed by atoms with Gasteiger partial charge in [-0.05, 0) is 31.7 Å². The van der Waals surface area contributed by atoms with Crippen molar-refractivity contribution in [3.63, 3.8) is 0 Å². The molecule has 0 spiro atoms. The molecule has 0 aliphatic heterocycles. The van der Waals surface area contributed by atoms with E-state index in [0.29, 0.717) is 0 Å². The highest BCUT2D eigenvalue weighted by atomic mass is 32.1. The van der Waals surface area contributed by atoms with Crippen molar-refractivity contribution in [2.75, 3.05) is 0 Å². The van der Waals surface area contributed by atoms with Crippen LogP contribution in [0.3, 0.4) is 0 Å². The highest BCUT2D eigenvalue weighted by Gasteiger charge is 2.10. The molecule has 1 atom stereocenters. The molecule has 3 heteroatoms. The maximum atomic E-state index is 6.17. The monoisotopic (exact) mass is 246 g/mol. The topological polar surface area (TPSA) is 38.9 Å². The van der Waals surface area contributed by atoms with Crippen molar-refractivity contribution >= 4 is 11.3 Å². The van der Waals surface area contributed by atoms with Crippen LogP contribution in [0.25, 0.3) is 0 Å². The van der Waals surface area contributed by atoms with Crippen molar-refractivity contribution in [2.24, 2.45) is 5.73 Å². The van der Waals surface area contributed by atoms with Crippen molar-refractivity contribution in [3.05, 3.63) is 52.0 Å².